The van der Waals surface area contributed by atoms with E-state index in [0.717, 1.165) is 41.3 Å². The van der Waals surface area contributed by atoms with Crippen LogP contribution in [0.15, 0.2) is 17.8 Å². The Morgan fingerprint density at radius 2 is 2.30 bits per heavy atom. The van der Waals surface area contributed by atoms with Crippen molar-refractivity contribution in [2.24, 2.45) is 23.7 Å². The van der Waals surface area contributed by atoms with Crippen LogP contribution < -0.4 is 0 Å². The van der Waals surface area contributed by atoms with Gasteiger partial charge in [0, 0.05) is 24.2 Å². The zero-order chi connectivity index (χ0) is 13.3. The number of thiazole rings is 1. The molecule has 0 radical (unpaired) electrons. The van der Waals surface area contributed by atoms with Crippen molar-refractivity contribution < 1.29 is 5.11 Å². The van der Waals surface area contributed by atoms with E-state index in [4.69, 9.17) is 0 Å². The molecule has 3 nitrogen and oxygen atoms in total. The fourth-order valence-corrected chi connectivity index (χ4v) is 6.33. The van der Waals surface area contributed by atoms with Crippen molar-refractivity contribution in [2.45, 2.75) is 44.1 Å². The lowest BCUT2D eigenvalue weighted by Gasteiger charge is -2.38. The fraction of sp³-hybridized carbons (Fsp3) is 0.688. The first-order valence-corrected chi connectivity index (χ1v) is 8.74. The Morgan fingerprint density at radius 3 is 3.20 bits per heavy atom. The van der Waals surface area contributed by atoms with Gasteiger partial charge in [0.1, 0.15) is 0 Å². The highest BCUT2D eigenvalue weighted by molar-refractivity contribution is 7.15. The lowest BCUT2D eigenvalue weighted by molar-refractivity contribution is -0.0456. The van der Waals surface area contributed by atoms with E-state index in [1.54, 1.807) is 11.3 Å². The first-order valence-electron chi connectivity index (χ1n) is 7.86. The van der Waals surface area contributed by atoms with Crippen LogP contribution in [0, 0.1) is 23.7 Å². The van der Waals surface area contributed by atoms with Crippen LogP contribution in [0.5, 0.6) is 0 Å². The molecule has 2 bridgehead atoms. The molecule has 2 aromatic heterocycles. The maximum atomic E-state index is 11.2. The van der Waals surface area contributed by atoms with E-state index < -0.39 is 5.60 Å². The predicted molar refractivity (Wildman–Crippen MR) is 78.8 cm³/mol. The second kappa shape index (κ2) is 3.86. The van der Waals surface area contributed by atoms with Crippen LogP contribution in [-0.4, -0.2) is 20.1 Å². The molecule has 0 aliphatic heterocycles. The molecule has 5 rings (SSSR count). The molecule has 20 heavy (non-hydrogen) atoms. The van der Waals surface area contributed by atoms with Gasteiger partial charge in [-0.05, 0) is 49.4 Å². The molecule has 0 aromatic carbocycles. The van der Waals surface area contributed by atoms with Gasteiger partial charge < -0.3 is 5.11 Å². The van der Waals surface area contributed by atoms with Gasteiger partial charge >= 0.3 is 0 Å². The number of aromatic nitrogens is 2. The molecule has 3 saturated carbocycles. The van der Waals surface area contributed by atoms with Crippen LogP contribution in [0.4, 0.5) is 0 Å². The summed E-state index contributed by atoms with van der Waals surface area (Å²) < 4.78 is 2.08. The molecule has 3 fully saturated rings. The number of rotatable bonds is 2. The second-order valence-electron chi connectivity index (χ2n) is 7.17. The molecule has 5 atom stereocenters. The molecule has 2 aromatic rings. The normalized spacial score (nSPS) is 42.6. The van der Waals surface area contributed by atoms with E-state index in [1.807, 2.05) is 6.20 Å². The van der Waals surface area contributed by atoms with Gasteiger partial charge in [0.15, 0.2) is 4.96 Å². The highest BCUT2D eigenvalue weighted by atomic mass is 32.1. The van der Waals surface area contributed by atoms with E-state index in [-0.39, 0.29) is 0 Å². The number of imidazole rings is 1. The number of fused-ring (bicyclic) bond motifs is 6. The number of nitrogens with zero attached hydrogens (tertiary/aromatic N) is 2. The Hall–Kier alpha value is -0.870. The molecule has 4 heteroatoms. The minimum absolute atomic E-state index is 0.472. The van der Waals surface area contributed by atoms with Crippen LogP contribution in [0.1, 0.15) is 37.8 Å². The molecule has 0 spiro atoms. The van der Waals surface area contributed by atoms with Crippen molar-refractivity contribution in [3.05, 3.63) is 23.5 Å². The monoisotopic (exact) mass is 288 g/mol. The molecule has 1 N–H and O–H groups in total. The standard InChI is InChI=1S/C16H20N2OS/c19-16(8-11-9-18-4-5-20-15(18)17-11)7-10-6-14(16)13-3-1-2-12(10)13/h4-5,9-10,12-14,19H,1-3,6-8H2. The molecule has 0 amide bonds. The van der Waals surface area contributed by atoms with E-state index in [9.17, 15) is 5.11 Å². The molecule has 3 aliphatic carbocycles. The van der Waals surface area contributed by atoms with Gasteiger partial charge in [0.25, 0.3) is 0 Å². The van der Waals surface area contributed by atoms with Crippen LogP contribution in [-0.2, 0) is 6.42 Å². The van der Waals surface area contributed by atoms with Crippen molar-refractivity contribution in [2.75, 3.05) is 0 Å². The first kappa shape index (κ1) is 11.8. The van der Waals surface area contributed by atoms with Crippen LogP contribution >= 0.6 is 11.3 Å². The SMILES string of the molecule is OC1(Cc2cn3ccsc3n2)CC2CC1C1CCCC21. The molecule has 106 valence electrons. The maximum Gasteiger partial charge on any atom is 0.193 e. The molecule has 2 heterocycles. The third kappa shape index (κ3) is 1.47. The maximum absolute atomic E-state index is 11.2. The topological polar surface area (TPSA) is 37.5 Å². The average molecular weight is 288 g/mol. The quantitative estimate of drug-likeness (QED) is 0.922. The lowest BCUT2D eigenvalue weighted by Crippen LogP contribution is -2.43. The van der Waals surface area contributed by atoms with Crippen molar-refractivity contribution in [1.82, 2.24) is 9.38 Å². The summed E-state index contributed by atoms with van der Waals surface area (Å²) >= 11 is 1.67. The van der Waals surface area contributed by atoms with Gasteiger partial charge in [-0.2, -0.15) is 0 Å². The minimum Gasteiger partial charge on any atom is -0.389 e. The van der Waals surface area contributed by atoms with Crippen molar-refractivity contribution >= 4 is 16.3 Å². The number of hydrogen-bond acceptors (Lipinski definition) is 3. The van der Waals surface area contributed by atoms with E-state index >= 15 is 0 Å². The zero-order valence-electron chi connectivity index (χ0n) is 11.5. The second-order valence-corrected chi connectivity index (χ2v) is 8.04. The van der Waals surface area contributed by atoms with E-state index in [1.165, 1.54) is 25.7 Å². The summed E-state index contributed by atoms with van der Waals surface area (Å²) in [5, 5.41) is 13.3. The highest BCUT2D eigenvalue weighted by Gasteiger charge is 2.60. The van der Waals surface area contributed by atoms with Crippen molar-refractivity contribution in [3.63, 3.8) is 0 Å². The molecule has 5 unspecified atom stereocenters. The van der Waals surface area contributed by atoms with Gasteiger partial charge in [-0.1, -0.05) is 6.42 Å². The van der Waals surface area contributed by atoms with Crippen LogP contribution in [0.3, 0.4) is 0 Å². The van der Waals surface area contributed by atoms with Crippen molar-refractivity contribution in [3.8, 4) is 0 Å². The van der Waals surface area contributed by atoms with Crippen LogP contribution in [0.2, 0.25) is 0 Å². The molecule has 3 aliphatic rings. The van der Waals surface area contributed by atoms with E-state index in [2.05, 4.69) is 21.0 Å². The van der Waals surface area contributed by atoms with Gasteiger partial charge in [0.05, 0.1) is 11.3 Å². The first-order chi connectivity index (χ1) is 9.73. The minimum atomic E-state index is -0.472. The Labute approximate surface area is 122 Å². The third-order valence-corrected chi connectivity index (χ3v) is 7.01. The summed E-state index contributed by atoms with van der Waals surface area (Å²) in [6.45, 7) is 0. The highest BCUT2D eigenvalue weighted by Crippen LogP contribution is 2.62. The van der Waals surface area contributed by atoms with Crippen molar-refractivity contribution in [1.29, 1.82) is 0 Å². The summed E-state index contributed by atoms with van der Waals surface area (Å²) in [5.74, 6) is 3.08. The summed E-state index contributed by atoms with van der Waals surface area (Å²) in [6, 6.07) is 0. The third-order valence-electron chi connectivity index (χ3n) is 6.24. The Balaban J connectivity index is 1.45. The Bertz CT molecular complexity index is 634. The molecular weight excluding hydrogens is 268 g/mol. The molecular formula is C16H20N2OS. The van der Waals surface area contributed by atoms with E-state index in [0.29, 0.717) is 5.92 Å². The lowest BCUT2D eigenvalue weighted by atomic mass is 9.71. The smallest absolute Gasteiger partial charge is 0.193 e. The average Bonchev–Trinajstić information content (AvgIpc) is 3.08. The van der Waals surface area contributed by atoms with Gasteiger partial charge in [-0.3, -0.25) is 4.40 Å². The largest absolute Gasteiger partial charge is 0.389 e. The van der Waals surface area contributed by atoms with Gasteiger partial charge in [-0.15, -0.1) is 11.3 Å². The zero-order valence-corrected chi connectivity index (χ0v) is 12.4. The summed E-state index contributed by atoms with van der Waals surface area (Å²) in [6.07, 6.45) is 11.4. The van der Waals surface area contributed by atoms with Gasteiger partial charge in [-0.25, -0.2) is 4.98 Å². The summed E-state index contributed by atoms with van der Waals surface area (Å²) in [4.78, 5) is 5.72. The number of hydrogen-bond donors (Lipinski definition) is 1. The van der Waals surface area contributed by atoms with Crippen LogP contribution in [0.25, 0.3) is 4.96 Å². The van der Waals surface area contributed by atoms with Gasteiger partial charge in [0.2, 0.25) is 0 Å². The number of aliphatic hydroxyl groups is 1. The Kier molecular flexibility index (Phi) is 2.27. The summed E-state index contributed by atoms with van der Waals surface area (Å²) in [5.41, 5.74) is 0.599. The predicted octanol–water partition coefficient (Wildman–Crippen LogP) is 3.13. The Morgan fingerprint density at radius 1 is 1.40 bits per heavy atom. The summed E-state index contributed by atoms with van der Waals surface area (Å²) in [7, 11) is 0. The molecule has 0 saturated heterocycles. The fourth-order valence-electron chi connectivity index (χ4n) is 5.61.